The number of carbonyl (C=O) groups is 2. The van der Waals surface area contributed by atoms with Gasteiger partial charge >= 0.3 is 0 Å². The van der Waals surface area contributed by atoms with Gasteiger partial charge in [0.1, 0.15) is 5.83 Å². The van der Waals surface area contributed by atoms with Gasteiger partial charge in [-0.15, -0.1) is 0 Å². The second kappa shape index (κ2) is 9.42. The minimum Gasteiger partial charge on any atom is -0.346 e. The highest BCUT2D eigenvalue weighted by Gasteiger charge is 2.24. The highest BCUT2D eigenvalue weighted by atomic mass is 19.1. The fourth-order valence-electron chi connectivity index (χ4n) is 3.68. The zero-order chi connectivity index (χ0) is 19.9. The second-order valence-corrected chi connectivity index (χ2v) is 7.19. The third-order valence-corrected chi connectivity index (χ3v) is 5.16. The van der Waals surface area contributed by atoms with Crippen LogP contribution >= 0.6 is 0 Å². The van der Waals surface area contributed by atoms with Crippen molar-refractivity contribution in [2.24, 2.45) is 5.92 Å². The molecule has 1 amide bonds. The Labute approximate surface area is 165 Å². The Bertz CT molecular complexity index is 864. The van der Waals surface area contributed by atoms with Gasteiger partial charge in [-0.3, -0.25) is 14.5 Å². The third-order valence-electron chi connectivity index (χ3n) is 5.16. The molecular formula is C23H25FN2O2. The van der Waals surface area contributed by atoms with Crippen molar-refractivity contribution in [3.8, 4) is 0 Å². The number of hydrogen-bond donors (Lipinski definition) is 1. The largest absolute Gasteiger partial charge is 0.346 e. The van der Waals surface area contributed by atoms with Crippen LogP contribution < -0.4 is 5.32 Å². The molecule has 1 N–H and O–H groups in total. The van der Waals surface area contributed by atoms with E-state index in [0.717, 1.165) is 25.2 Å². The van der Waals surface area contributed by atoms with Crippen molar-refractivity contribution < 1.29 is 14.0 Å². The maximum absolute atomic E-state index is 14.7. The van der Waals surface area contributed by atoms with Crippen LogP contribution in [0, 0.1) is 5.92 Å². The lowest BCUT2D eigenvalue weighted by molar-refractivity contribution is 0.0948. The molecular weight excluding hydrogens is 355 g/mol. The third kappa shape index (κ3) is 4.93. The molecule has 146 valence electrons. The summed E-state index contributed by atoms with van der Waals surface area (Å²) in [6, 6.07) is 16.8. The molecule has 0 bridgehead atoms. The summed E-state index contributed by atoms with van der Waals surface area (Å²) < 4.78 is 14.7. The van der Waals surface area contributed by atoms with Crippen LogP contribution in [0.5, 0.6) is 0 Å². The average Bonchev–Trinajstić information content (AvgIpc) is 2.72. The van der Waals surface area contributed by atoms with Crippen molar-refractivity contribution >= 4 is 12.2 Å². The van der Waals surface area contributed by atoms with Gasteiger partial charge in [0.05, 0.1) is 6.54 Å². The molecule has 4 nitrogen and oxygen atoms in total. The van der Waals surface area contributed by atoms with E-state index < -0.39 is 5.91 Å². The van der Waals surface area contributed by atoms with Gasteiger partial charge in [-0.05, 0) is 29.5 Å². The first-order valence-electron chi connectivity index (χ1n) is 9.54. The molecule has 1 aliphatic heterocycles. The van der Waals surface area contributed by atoms with Gasteiger partial charge < -0.3 is 5.32 Å². The number of piperidine rings is 1. The fraction of sp³-hybridized carbons (Fsp3) is 0.304. The molecule has 1 atom stereocenters. The molecule has 1 saturated heterocycles. The number of amides is 1. The Hall–Kier alpha value is -2.79. The predicted molar refractivity (Wildman–Crippen MR) is 108 cm³/mol. The SMILES string of the molecule is CC1CN(Cc2ccccc2)CC/C1=C(/F)CNC(=O)c1ccccc1C=O. The number of hydrogen-bond acceptors (Lipinski definition) is 3. The van der Waals surface area contributed by atoms with Crippen molar-refractivity contribution in [3.63, 3.8) is 0 Å². The van der Waals surface area contributed by atoms with E-state index in [-0.39, 0.29) is 23.9 Å². The minimum atomic E-state index is -0.437. The fourth-order valence-corrected chi connectivity index (χ4v) is 3.68. The number of benzene rings is 2. The molecule has 0 aliphatic carbocycles. The van der Waals surface area contributed by atoms with Crippen LogP contribution in [0.2, 0.25) is 0 Å². The lowest BCUT2D eigenvalue weighted by Gasteiger charge is -2.33. The number of aldehydes is 1. The van der Waals surface area contributed by atoms with E-state index in [1.165, 1.54) is 5.56 Å². The van der Waals surface area contributed by atoms with Crippen LogP contribution in [-0.4, -0.2) is 36.7 Å². The van der Waals surface area contributed by atoms with Crippen LogP contribution in [0.3, 0.4) is 0 Å². The predicted octanol–water partition coefficient (Wildman–Crippen LogP) is 3.99. The van der Waals surface area contributed by atoms with Gasteiger partial charge in [-0.25, -0.2) is 4.39 Å². The van der Waals surface area contributed by atoms with E-state index in [4.69, 9.17) is 0 Å². The van der Waals surface area contributed by atoms with Gasteiger partial charge in [0.2, 0.25) is 0 Å². The summed E-state index contributed by atoms with van der Waals surface area (Å²) in [4.78, 5) is 25.7. The van der Waals surface area contributed by atoms with Crippen LogP contribution in [0.4, 0.5) is 4.39 Å². The van der Waals surface area contributed by atoms with E-state index >= 15 is 0 Å². The number of rotatable bonds is 6. The Morgan fingerprint density at radius 1 is 1.18 bits per heavy atom. The van der Waals surface area contributed by atoms with E-state index in [0.29, 0.717) is 18.3 Å². The molecule has 0 aromatic heterocycles. The number of nitrogens with one attached hydrogen (secondary N) is 1. The molecule has 0 spiro atoms. The maximum Gasteiger partial charge on any atom is 0.252 e. The summed E-state index contributed by atoms with van der Waals surface area (Å²) in [5.74, 6) is -0.618. The molecule has 2 aromatic rings. The number of nitrogens with zero attached hydrogens (tertiary/aromatic N) is 1. The van der Waals surface area contributed by atoms with E-state index in [1.54, 1.807) is 24.3 Å². The quantitative estimate of drug-likeness (QED) is 0.771. The summed E-state index contributed by atoms with van der Waals surface area (Å²) in [6.07, 6.45) is 1.29. The zero-order valence-corrected chi connectivity index (χ0v) is 16.0. The van der Waals surface area contributed by atoms with Crippen LogP contribution in [0.1, 0.15) is 39.6 Å². The van der Waals surface area contributed by atoms with Crippen molar-refractivity contribution in [3.05, 3.63) is 82.7 Å². The molecule has 28 heavy (non-hydrogen) atoms. The standard InChI is InChI=1S/C23H25FN2O2/c1-17-14-26(15-18-7-3-2-4-8-18)12-11-20(17)22(24)13-25-23(28)21-10-6-5-9-19(21)16-27/h2-10,16-17H,11-15H2,1H3,(H,25,28)/b22-20-. The smallest absolute Gasteiger partial charge is 0.252 e. The van der Waals surface area contributed by atoms with Crippen molar-refractivity contribution in [1.29, 1.82) is 0 Å². The maximum atomic E-state index is 14.7. The van der Waals surface area contributed by atoms with Gasteiger partial charge in [0.25, 0.3) is 5.91 Å². The Balaban J connectivity index is 1.58. The van der Waals surface area contributed by atoms with Crippen molar-refractivity contribution in [1.82, 2.24) is 10.2 Å². The molecule has 1 aliphatic rings. The highest BCUT2D eigenvalue weighted by molar-refractivity contribution is 6.01. The van der Waals surface area contributed by atoms with Gasteiger partial charge in [-0.2, -0.15) is 0 Å². The number of halogens is 1. The van der Waals surface area contributed by atoms with E-state index in [2.05, 4.69) is 22.3 Å². The minimum absolute atomic E-state index is 0.0941. The monoisotopic (exact) mass is 380 g/mol. The Morgan fingerprint density at radius 2 is 1.89 bits per heavy atom. The zero-order valence-electron chi connectivity index (χ0n) is 16.0. The molecule has 1 heterocycles. The summed E-state index contributed by atoms with van der Waals surface area (Å²) in [5, 5.41) is 2.60. The Morgan fingerprint density at radius 3 is 2.61 bits per heavy atom. The van der Waals surface area contributed by atoms with Crippen molar-refractivity contribution in [2.45, 2.75) is 19.9 Å². The van der Waals surface area contributed by atoms with Gasteiger partial charge in [-0.1, -0.05) is 55.5 Å². The van der Waals surface area contributed by atoms with Crippen molar-refractivity contribution in [2.75, 3.05) is 19.6 Å². The van der Waals surface area contributed by atoms with Gasteiger partial charge in [0.15, 0.2) is 6.29 Å². The topological polar surface area (TPSA) is 49.4 Å². The van der Waals surface area contributed by atoms with Crippen LogP contribution in [0.15, 0.2) is 66.0 Å². The molecule has 0 saturated carbocycles. The number of likely N-dealkylation sites (tertiary alicyclic amines) is 1. The summed E-state index contributed by atoms with van der Waals surface area (Å²) in [6.45, 7) is 4.32. The van der Waals surface area contributed by atoms with E-state index in [9.17, 15) is 14.0 Å². The molecule has 1 fully saturated rings. The molecule has 1 unspecified atom stereocenters. The first kappa shape index (κ1) is 20.0. The Kier molecular flexibility index (Phi) is 6.71. The molecule has 0 radical (unpaired) electrons. The normalized spacial score (nSPS) is 19.1. The molecule has 5 heteroatoms. The summed E-state index contributed by atoms with van der Waals surface area (Å²) in [7, 11) is 0. The highest BCUT2D eigenvalue weighted by Crippen LogP contribution is 2.27. The number of carbonyl (C=O) groups excluding carboxylic acids is 2. The average molecular weight is 380 g/mol. The van der Waals surface area contributed by atoms with Crippen LogP contribution in [-0.2, 0) is 6.54 Å². The van der Waals surface area contributed by atoms with Crippen LogP contribution in [0.25, 0.3) is 0 Å². The van der Waals surface area contributed by atoms with E-state index in [1.807, 2.05) is 25.1 Å². The first-order valence-corrected chi connectivity index (χ1v) is 9.54. The molecule has 2 aromatic carbocycles. The lowest BCUT2D eigenvalue weighted by atomic mass is 9.92. The molecule has 3 rings (SSSR count). The van der Waals surface area contributed by atoms with Gasteiger partial charge in [0, 0.05) is 30.8 Å². The summed E-state index contributed by atoms with van der Waals surface area (Å²) in [5.41, 5.74) is 2.59. The lowest BCUT2D eigenvalue weighted by Crippen LogP contribution is -2.36. The second-order valence-electron chi connectivity index (χ2n) is 7.19. The summed E-state index contributed by atoms with van der Waals surface area (Å²) >= 11 is 0. The first-order chi connectivity index (χ1) is 13.6.